The van der Waals surface area contributed by atoms with Gasteiger partial charge in [0.05, 0.1) is 24.5 Å². The quantitative estimate of drug-likeness (QED) is 0.656. The fourth-order valence-electron chi connectivity index (χ4n) is 3.39. The average Bonchev–Trinajstić information content (AvgIpc) is 2.73. The number of benzene rings is 2. The second-order valence-electron chi connectivity index (χ2n) is 7.04. The lowest BCUT2D eigenvalue weighted by molar-refractivity contribution is -0.137. The molecule has 1 amide bonds. The van der Waals surface area contributed by atoms with E-state index in [0.29, 0.717) is 24.5 Å². The maximum absolute atomic E-state index is 13.2. The van der Waals surface area contributed by atoms with Crippen LogP contribution in [0.3, 0.4) is 0 Å². The van der Waals surface area contributed by atoms with Crippen LogP contribution in [0.15, 0.2) is 41.3 Å². The summed E-state index contributed by atoms with van der Waals surface area (Å²) in [6.07, 6.45) is -3.12. The summed E-state index contributed by atoms with van der Waals surface area (Å²) in [5, 5.41) is 0. The van der Waals surface area contributed by atoms with Gasteiger partial charge in [-0.2, -0.15) is 21.6 Å². The molecule has 0 saturated carbocycles. The van der Waals surface area contributed by atoms with Crippen molar-refractivity contribution in [2.24, 2.45) is 0 Å². The van der Waals surface area contributed by atoms with Crippen LogP contribution in [0.5, 0.6) is 11.5 Å². The highest BCUT2D eigenvalue weighted by Crippen LogP contribution is 2.39. The van der Waals surface area contributed by atoms with Crippen molar-refractivity contribution in [3.8, 4) is 11.5 Å². The summed E-state index contributed by atoms with van der Waals surface area (Å²) < 4.78 is 81.1. The maximum atomic E-state index is 13.2. The largest absolute Gasteiger partial charge is 0.493 e. The van der Waals surface area contributed by atoms with E-state index in [9.17, 15) is 26.4 Å². The van der Waals surface area contributed by atoms with E-state index in [1.165, 1.54) is 12.1 Å². The van der Waals surface area contributed by atoms with Crippen LogP contribution >= 0.6 is 0 Å². The molecule has 2 heterocycles. The minimum absolute atomic E-state index is 0.0385. The molecule has 1 fully saturated rings. The zero-order chi connectivity index (χ0) is 22.2. The van der Waals surface area contributed by atoms with E-state index in [2.05, 4.69) is 0 Å². The normalized spacial score (nSPS) is 17.1. The van der Waals surface area contributed by atoms with Crippen LogP contribution in [0.2, 0.25) is 0 Å². The number of amides is 1. The number of anilines is 1. The van der Waals surface area contributed by atoms with Crippen molar-refractivity contribution in [2.45, 2.75) is 23.9 Å². The van der Waals surface area contributed by atoms with E-state index < -0.39 is 27.8 Å². The number of morpholine rings is 1. The fourth-order valence-corrected chi connectivity index (χ4v) is 4.35. The number of halogens is 3. The first-order valence-electron chi connectivity index (χ1n) is 9.45. The van der Waals surface area contributed by atoms with Gasteiger partial charge in [-0.05, 0) is 42.7 Å². The highest BCUT2D eigenvalue weighted by atomic mass is 32.2. The molecule has 1 saturated heterocycles. The highest BCUT2D eigenvalue weighted by Gasteiger charge is 2.34. The van der Waals surface area contributed by atoms with Crippen LogP contribution in [-0.4, -0.2) is 40.7 Å². The SMILES string of the molecule is O=C1COCCN1c1cc(C(F)(F)F)ccc1OS(=O)(=O)c1ccc2c(c1)OCCC2. The summed E-state index contributed by atoms with van der Waals surface area (Å²) in [4.78, 5) is 13.0. The number of ether oxygens (including phenoxy) is 2. The van der Waals surface area contributed by atoms with Crippen molar-refractivity contribution in [1.82, 2.24) is 0 Å². The molecule has 0 unspecified atom stereocenters. The van der Waals surface area contributed by atoms with Crippen molar-refractivity contribution < 1.29 is 40.0 Å². The number of aryl methyl sites for hydroxylation is 1. The summed E-state index contributed by atoms with van der Waals surface area (Å²) in [6.45, 7) is 0.184. The van der Waals surface area contributed by atoms with Gasteiger partial charge in [0, 0.05) is 12.6 Å². The van der Waals surface area contributed by atoms with Crippen molar-refractivity contribution in [2.75, 3.05) is 31.3 Å². The molecule has 166 valence electrons. The smallest absolute Gasteiger partial charge is 0.416 e. The molecule has 0 atom stereocenters. The molecule has 0 aromatic heterocycles. The molecule has 31 heavy (non-hydrogen) atoms. The maximum Gasteiger partial charge on any atom is 0.416 e. The summed E-state index contributed by atoms with van der Waals surface area (Å²) in [6, 6.07) is 6.59. The van der Waals surface area contributed by atoms with E-state index in [1.807, 2.05) is 0 Å². The Balaban J connectivity index is 1.72. The lowest BCUT2D eigenvalue weighted by Gasteiger charge is -2.28. The van der Waals surface area contributed by atoms with Gasteiger partial charge in [0.15, 0.2) is 5.75 Å². The van der Waals surface area contributed by atoms with E-state index in [1.54, 1.807) is 6.07 Å². The Hall–Kier alpha value is -2.79. The average molecular weight is 457 g/mol. The molecular formula is C20H18F3NO6S. The number of hydrogen-bond acceptors (Lipinski definition) is 6. The first-order chi connectivity index (χ1) is 14.6. The van der Waals surface area contributed by atoms with E-state index in [4.69, 9.17) is 13.7 Å². The van der Waals surface area contributed by atoms with Gasteiger partial charge in [-0.15, -0.1) is 0 Å². The van der Waals surface area contributed by atoms with Crippen molar-refractivity contribution in [3.05, 3.63) is 47.5 Å². The monoisotopic (exact) mass is 457 g/mol. The third-order valence-electron chi connectivity index (χ3n) is 4.94. The number of carbonyl (C=O) groups excluding carboxylic acids is 1. The molecular weight excluding hydrogens is 439 g/mol. The van der Waals surface area contributed by atoms with E-state index in [-0.39, 0.29) is 36.1 Å². The Morgan fingerprint density at radius 2 is 1.87 bits per heavy atom. The van der Waals surface area contributed by atoms with Crippen molar-refractivity contribution in [1.29, 1.82) is 0 Å². The van der Waals surface area contributed by atoms with Crippen molar-refractivity contribution in [3.63, 3.8) is 0 Å². The van der Waals surface area contributed by atoms with E-state index in [0.717, 1.165) is 29.4 Å². The van der Waals surface area contributed by atoms with Gasteiger partial charge < -0.3 is 18.6 Å². The number of rotatable bonds is 4. The molecule has 0 bridgehead atoms. The van der Waals surface area contributed by atoms with E-state index >= 15 is 0 Å². The number of alkyl halides is 3. The van der Waals surface area contributed by atoms with Gasteiger partial charge in [0.25, 0.3) is 5.91 Å². The molecule has 7 nitrogen and oxygen atoms in total. The molecule has 0 radical (unpaired) electrons. The van der Waals surface area contributed by atoms with Crippen molar-refractivity contribution >= 4 is 21.7 Å². The van der Waals surface area contributed by atoms with Gasteiger partial charge in [0.1, 0.15) is 17.3 Å². The van der Waals surface area contributed by atoms with Gasteiger partial charge in [-0.25, -0.2) is 0 Å². The zero-order valence-corrected chi connectivity index (χ0v) is 17.0. The Morgan fingerprint density at radius 3 is 2.61 bits per heavy atom. The first kappa shape index (κ1) is 21.4. The number of fused-ring (bicyclic) bond motifs is 1. The second kappa shape index (κ2) is 8.04. The standard InChI is InChI=1S/C20H18F3NO6S/c21-20(22,23)14-4-6-17(16(10-14)24-7-9-28-12-19(24)25)30-31(26,27)15-5-3-13-2-1-8-29-18(13)11-15/h3-6,10-11H,1-2,7-9,12H2. The Labute approximate surface area is 176 Å². The number of hydrogen-bond donors (Lipinski definition) is 0. The van der Waals surface area contributed by atoms with Crippen LogP contribution in [0.25, 0.3) is 0 Å². The number of nitrogens with zero attached hydrogens (tertiary/aromatic N) is 1. The number of carbonyl (C=O) groups is 1. The topological polar surface area (TPSA) is 82.1 Å². The summed E-state index contributed by atoms with van der Waals surface area (Å²) >= 11 is 0. The van der Waals surface area contributed by atoms with Gasteiger partial charge in [-0.1, -0.05) is 6.07 Å². The summed E-state index contributed by atoms with van der Waals surface area (Å²) in [5.41, 5.74) is -0.464. The fraction of sp³-hybridized carbons (Fsp3) is 0.350. The van der Waals surface area contributed by atoms with Crippen LogP contribution in [0.4, 0.5) is 18.9 Å². The summed E-state index contributed by atoms with van der Waals surface area (Å²) in [7, 11) is -4.40. The lowest BCUT2D eigenvalue weighted by atomic mass is 10.1. The molecule has 2 aliphatic rings. The molecule has 2 aromatic rings. The molecule has 0 N–H and O–H groups in total. The molecule has 0 spiro atoms. The Bertz CT molecular complexity index is 1120. The Kier molecular flexibility index (Phi) is 5.56. The minimum Gasteiger partial charge on any atom is -0.493 e. The van der Waals surface area contributed by atoms with Gasteiger partial charge in [0.2, 0.25) is 0 Å². The van der Waals surface area contributed by atoms with Crippen LogP contribution in [-0.2, 0) is 32.2 Å². The molecule has 0 aliphatic carbocycles. The molecule has 2 aliphatic heterocycles. The van der Waals surface area contributed by atoms with Crippen LogP contribution < -0.4 is 13.8 Å². The first-order valence-corrected chi connectivity index (χ1v) is 10.9. The highest BCUT2D eigenvalue weighted by molar-refractivity contribution is 7.87. The minimum atomic E-state index is -4.68. The summed E-state index contributed by atoms with van der Waals surface area (Å²) in [5.74, 6) is -0.566. The predicted octanol–water partition coefficient (Wildman–Crippen LogP) is 3.16. The second-order valence-corrected chi connectivity index (χ2v) is 8.58. The molecule has 4 rings (SSSR count). The molecule has 2 aromatic carbocycles. The van der Waals surface area contributed by atoms with Crippen LogP contribution in [0.1, 0.15) is 17.5 Å². The Morgan fingerprint density at radius 1 is 1.06 bits per heavy atom. The lowest BCUT2D eigenvalue weighted by Crippen LogP contribution is -2.42. The third-order valence-corrected chi connectivity index (χ3v) is 6.17. The zero-order valence-electron chi connectivity index (χ0n) is 16.1. The predicted molar refractivity (Wildman–Crippen MR) is 103 cm³/mol. The third kappa shape index (κ3) is 4.47. The van der Waals surface area contributed by atoms with Gasteiger partial charge in [-0.3, -0.25) is 4.79 Å². The van der Waals surface area contributed by atoms with Crippen LogP contribution in [0, 0.1) is 0 Å². The molecule has 11 heteroatoms. The van der Waals surface area contributed by atoms with Gasteiger partial charge >= 0.3 is 16.3 Å².